The normalized spacial score (nSPS) is 20.8. The van der Waals surface area contributed by atoms with Crippen molar-refractivity contribution in [3.8, 4) is 0 Å². The minimum atomic E-state index is -0.838. The summed E-state index contributed by atoms with van der Waals surface area (Å²) >= 11 is 0. The van der Waals surface area contributed by atoms with E-state index in [9.17, 15) is 18.7 Å². The van der Waals surface area contributed by atoms with E-state index in [1.807, 2.05) is 0 Å². The highest BCUT2D eigenvalue weighted by Crippen LogP contribution is 2.13. The van der Waals surface area contributed by atoms with E-state index in [2.05, 4.69) is 0 Å². The van der Waals surface area contributed by atoms with E-state index in [0.29, 0.717) is 25.6 Å². The zero-order valence-corrected chi connectivity index (χ0v) is 9.20. The Labute approximate surface area is 97.7 Å². The number of carbonyl (C=O) groups excluding carboxylic acids is 1. The molecule has 17 heavy (non-hydrogen) atoms. The standard InChI is InChI=1S/C12H13F2NO2/c13-8-1-2-10(11(14)5-8)12(17)7-15-4-3-9(16)6-15/h1-2,5,9,16H,3-4,6-7H2/t9-/m0/s1. The number of halogens is 2. The highest BCUT2D eigenvalue weighted by molar-refractivity contribution is 5.97. The number of β-amino-alcohol motifs (C(OH)–C–C–N with tert-alkyl or cyclic N) is 1. The molecule has 0 saturated carbocycles. The van der Waals surface area contributed by atoms with E-state index in [1.165, 1.54) is 0 Å². The van der Waals surface area contributed by atoms with Crippen LogP contribution in [0.15, 0.2) is 18.2 Å². The molecule has 0 unspecified atom stereocenters. The van der Waals surface area contributed by atoms with Crippen LogP contribution < -0.4 is 0 Å². The van der Waals surface area contributed by atoms with Crippen molar-refractivity contribution in [3.05, 3.63) is 35.4 Å². The first-order valence-corrected chi connectivity index (χ1v) is 5.45. The van der Waals surface area contributed by atoms with Gasteiger partial charge in [0.15, 0.2) is 5.78 Å². The van der Waals surface area contributed by atoms with Gasteiger partial charge in [-0.05, 0) is 18.6 Å². The van der Waals surface area contributed by atoms with Crippen molar-refractivity contribution in [2.24, 2.45) is 0 Å². The number of likely N-dealkylation sites (tertiary alicyclic amines) is 1. The predicted molar refractivity (Wildman–Crippen MR) is 57.8 cm³/mol. The Morgan fingerprint density at radius 1 is 1.47 bits per heavy atom. The first-order chi connectivity index (χ1) is 8.06. The van der Waals surface area contributed by atoms with Crippen molar-refractivity contribution in [3.63, 3.8) is 0 Å². The van der Waals surface area contributed by atoms with E-state index < -0.39 is 23.5 Å². The molecule has 0 aliphatic carbocycles. The fourth-order valence-corrected chi connectivity index (χ4v) is 1.96. The molecule has 1 heterocycles. The molecule has 0 radical (unpaired) electrons. The largest absolute Gasteiger partial charge is 0.392 e. The zero-order valence-electron chi connectivity index (χ0n) is 9.20. The number of carbonyl (C=O) groups is 1. The van der Waals surface area contributed by atoms with Gasteiger partial charge in [0.25, 0.3) is 0 Å². The number of ketones is 1. The molecule has 1 aliphatic rings. The van der Waals surface area contributed by atoms with Gasteiger partial charge < -0.3 is 5.11 Å². The Hall–Kier alpha value is -1.33. The molecule has 0 aromatic heterocycles. The van der Waals surface area contributed by atoms with Gasteiger partial charge >= 0.3 is 0 Å². The maximum absolute atomic E-state index is 13.3. The second-order valence-electron chi connectivity index (χ2n) is 4.22. The number of hydrogen-bond donors (Lipinski definition) is 1. The van der Waals surface area contributed by atoms with Gasteiger partial charge in [0.05, 0.1) is 18.2 Å². The summed E-state index contributed by atoms with van der Waals surface area (Å²) in [5, 5.41) is 9.30. The molecule has 0 amide bonds. The van der Waals surface area contributed by atoms with Crippen LogP contribution in [-0.4, -0.2) is 41.5 Å². The second-order valence-corrected chi connectivity index (χ2v) is 4.22. The lowest BCUT2D eigenvalue weighted by Crippen LogP contribution is -2.29. The molecule has 92 valence electrons. The number of hydrogen-bond acceptors (Lipinski definition) is 3. The minimum Gasteiger partial charge on any atom is -0.392 e. The lowest BCUT2D eigenvalue weighted by atomic mass is 10.1. The first-order valence-electron chi connectivity index (χ1n) is 5.45. The summed E-state index contributed by atoms with van der Waals surface area (Å²) < 4.78 is 26.0. The highest BCUT2D eigenvalue weighted by Gasteiger charge is 2.23. The number of Topliss-reactive ketones (excluding diaryl/α,β-unsaturated/α-hetero) is 1. The third kappa shape index (κ3) is 2.87. The van der Waals surface area contributed by atoms with Crippen molar-refractivity contribution in [1.82, 2.24) is 4.90 Å². The molecular formula is C12H13F2NO2. The quantitative estimate of drug-likeness (QED) is 0.809. The van der Waals surface area contributed by atoms with Crippen LogP contribution in [0, 0.1) is 11.6 Å². The molecular weight excluding hydrogens is 228 g/mol. The fourth-order valence-electron chi connectivity index (χ4n) is 1.96. The Balaban J connectivity index is 2.04. The molecule has 2 rings (SSSR count). The van der Waals surface area contributed by atoms with E-state index in [-0.39, 0.29) is 12.1 Å². The lowest BCUT2D eigenvalue weighted by molar-refractivity contribution is 0.0931. The minimum absolute atomic E-state index is 0.0552. The van der Waals surface area contributed by atoms with Crippen molar-refractivity contribution < 1.29 is 18.7 Å². The molecule has 1 fully saturated rings. The van der Waals surface area contributed by atoms with E-state index >= 15 is 0 Å². The first kappa shape index (κ1) is 12.1. The number of nitrogens with zero attached hydrogens (tertiary/aromatic N) is 1. The van der Waals surface area contributed by atoms with E-state index in [0.717, 1.165) is 12.1 Å². The van der Waals surface area contributed by atoms with Crippen LogP contribution in [0.2, 0.25) is 0 Å². The fraction of sp³-hybridized carbons (Fsp3) is 0.417. The molecule has 3 nitrogen and oxygen atoms in total. The summed E-state index contributed by atoms with van der Waals surface area (Å²) in [5.41, 5.74) is -0.104. The molecule has 5 heteroatoms. The van der Waals surface area contributed by atoms with E-state index in [1.54, 1.807) is 4.90 Å². The van der Waals surface area contributed by atoms with E-state index in [4.69, 9.17) is 0 Å². The van der Waals surface area contributed by atoms with Crippen LogP contribution in [0.5, 0.6) is 0 Å². The lowest BCUT2D eigenvalue weighted by Gasteiger charge is -2.13. The number of aliphatic hydroxyl groups is 1. The third-order valence-electron chi connectivity index (χ3n) is 2.85. The van der Waals surface area contributed by atoms with Gasteiger partial charge in [-0.3, -0.25) is 9.69 Å². The molecule has 1 saturated heterocycles. The second kappa shape index (κ2) is 4.89. The van der Waals surface area contributed by atoms with Crippen molar-refractivity contribution in [2.75, 3.05) is 19.6 Å². The molecule has 1 aliphatic heterocycles. The zero-order chi connectivity index (χ0) is 12.4. The average molecular weight is 241 g/mol. The Bertz CT molecular complexity index is 437. The van der Waals surface area contributed by atoms with Crippen LogP contribution in [0.4, 0.5) is 8.78 Å². The maximum atomic E-state index is 13.3. The number of rotatable bonds is 3. The van der Waals surface area contributed by atoms with Gasteiger partial charge in [0, 0.05) is 19.2 Å². The van der Waals surface area contributed by atoms with Crippen molar-refractivity contribution in [2.45, 2.75) is 12.5 Å². The third-order valence-corrected chi connectivity index (χ3v) is 2.85. The Morgan fingerprint density at radius 2 is 2.24 bits per heavy atom. The topological polar surface area (TPSA) is 40.5 Å². The predicted octanol–water partition coefficient (Wildman–Crippen LogP) is 1.21. The summed E-state index contributed by atoms with van der Waals surface area (Å²) in [6, 6.07) is 2.92. The molecule has 1 atom stereocenters. The molecule has 1 aromatic rings. The monoisotopic (exact) mass is 241 g/mol. The van der Waals surface area contributed by atoms with Gasteiger partial charge in [-0.2, -0.15) is 0 Å². The van der Waals surface area contributed by atoms with Gasteiger partial charge in [-0.15, -0.1) is 0 Å². The van der Waals surface area contributed by atoms with Crippen LogP contribution in [0.3, 0.4) is 0 Å². The maximum Gasteiger partial charge on any atom is 0.179 e. The SMILES string of the molecule is O=C(CN1CC[C@H](O)C1)c1ccc(F)cc1F. The highest BCUT2D eigenvalue weighted by atomic mass is 19.1. The summed E-state index contributed by atoms with van der Waals surface area (Å²) in [4.78, 5) is 13.5. The molecule has 1 aromatic carbocycles. The van der Waals surface area contributed by atoms with Crippen molar-refractivity contribution in [1.29, 1.82) is 0 Å². The van der Waals surface area contributed by atoms with Gasteiger partial charge in [0.1, 0.15) is 11.6 Å². The van der Waals surface area contributed by atoms with Gasteiger partial charge in [0.2, 0.25) is 0 Å². The van der Waals surface area contributed by atoms with Crippen LogP contribution in [0.1, 0.15) is 16.8 Å². The summed E-state index contributed by atoms with van der Waals surface area (Å²) in [6.45, 7) is 1.10. The van der Waals surface area contributed by atoms with Gasteiger partial charge in [-0.25, -0.2) is 8.78 Å². The van der Waals surface area contributed by atoms with Crippen LogP contribution in [0.25, 0.3) is 0 Å². The average Bonchev–Trinajstić information content (AvgIpc) is 2.63. The number of aliphatic hydroxyl groups excluding tert-OH is 1. The van der Waals surface area contributed by atoms with Crippen LogP contribution in [-0.2, 0) is 0 Å². The smallest absolute Gasteiger partial charge is 0.179 e. The molecule has 0 spiro atoms. The summed E-state index contributed by atoms with van der Waals surface area (Å²) in [5.74, 6) is -1.93. The summed E-state index contributed by atoms with van der Waals surface area (Å²) in [7, 11) is 0. The molecule has 1 N–H and O–H groups in total. The Morgan fingerprint density at radius 3 is 2.82 bits per heavy atom. The van der Waals surface area contributed by atoms with Crippen molar-refractivity contribution >= 4 is 5.78 Å². The Kier molecular flexibility index (Phi) is 3.49. The summed E-state index contributed by atoms with van der Waals surface area (Å²) in [6.07, 6.45) is 0.208. The molecule has 0 bridgehead atoms. The number of benzene rings is 1. The van der Waals surface area contributed by atoms with Gasteiger partial charge in [-0.1, -0.05) is 0 Å². The van der Waals surface area contributed by atoms with Crippen LogP contribution >= 0.6 is 0 Å².